The van der Waals surface area contributed by atoms with Crippen LogP contribution in [0, 0.1) is 0 Å². The van der Waals surface area contributed by atoms with Crippen LogP contribution in [0.1, 0.15) is 53.0 Å². The van der Waals surface area contributed by atoms with Crippen LogP contribution in [0.25, 0.3) is 10.9 Å². The number of hydrogen-bond acceptors (Lipinski definition) is 3. The molecule has 138 valence electrons. The van der Waals surface area contributed by atoms with E-state index < -0.39 is 5.97 Å². The largest absolute Gasteiger partial charge is 0.477 e. The van der Waals surface area contributed by atoms with Gasteiger partial charge in [0.15, 0.2) is 0 Å². The Bertz CT molecular complexity index is 815. The summed E-state index contributed by atoms with van der Waals surface area (Å²) in [7, 11) is 0. The number of amides is 1. The van der Waals surface area contributed by atoms with Crippen LogP contribution in [0.3, 0.4) is 0 Å². The Labute approximate surface area is 152 Å². The molecule has 0 atom stereocenters. The predicted octanol–water partition coefficient (Wildman–Crippen LogP) is 2.96. The van der Waals surface area contributed by atoms with Crippen LogP contribution in [-0.4, -0.2) is 64.0 Å². The molecular weight excluding hydrogens is 330 g/mol. The highest BCUT2D eigenvalue weighted by Crippen LogP contribution is 2.23. The molecule has 0 saturated carbocycles. The highest BCUT2D eigenvalue weighted by atomic mass is 16.4. The Balaban J connectivity index is 1.43. The molecule has 26 heavy (non-hydrogen) atoms. The number of piperidine rings is 2. The van der Waals surface area contributed by atoms with Crippen molar-refractivity contribution < 1.29 is 14.7 Å². The van der Waals surface area contributed by atoms with E-state index in [1.165, 1.54) is 32.4 Å². The third-order valence-corrected chi connectivity index (χ3v) is 5.76. The molecule has 2 aliphatic heterocycles. The van der Waals surface area contributed by atoms with Crippen LogP contribution in [0.5, 0.6) is 0 Å². The smallest absolute Gasteiger partial charge is 0.352 e. The van der Waals surface area contributed by atoms with Crippen LogP contribution in [0.2, 0.25) is 0 Å². The molecule has 2 aromatic rings. The first-order valence-electron chi connectivity index (χ1n) is 9.51. The van der Waals surface area contributed by atoms with Gasteiger partial charge in [0.2, 0.25) is 0 Å². The third kappa shape index (κ3) is 3.33. The molecule has 1 amide bonds. The lowest BCUT2D eigenvalue weighted by Gasteiger charge is -2.40. The Morgan fingerprint density at radius 1 is 1.00 bits per heavy atom. The lowest BCUT2D eigenvalue weighted by atomic mass is 9.99. The van der Waals surface area contributed by atoms with Crippen molar-refractivity contribution in [2.24, 2.45) is 0 Å². The number of nitrogens with one attached hydrogen (secondary N) is 1. The minimum atomic E-state index is -0.992. The highest BCUT2D eigenvalue weighted by Gasteiger charge is 2.28. The van der Waals surface area contributed by atoms with Crippen molar-refractivity contribution in [3.8, 4) is 0 Å². The minimum absolute atomic E-state index is 0.0436. The van der Waals surface area contributed by atoms with Crippen LogP contribution < -0.4 is 0 Å². The fourth-order valence-electron chi connectivity index (χ4n) is 4.28. The molecule has 1 aromatic carbocycles. The van der Waals surface area contributed by atoms with Crippen LogP contribution >= 0.6 is 0 Å². The molecule has 3 heterocycles. The summed E-state index contributed by atoms with van der Waals surface area (Å²) in [5.41, 5.74) is 1.51. The van der Waals surface area contributed by atoms with Crippen LogP contribution in [-0.2, 0) is 0 Å². The Morgan fingerprint density at radius 3 is 2.42 bits per heavy atom. The summed E-state index contributed by atoms with van der Waals surface area (Å²) in [6.07, 6.45) is 6.03. The van der Waals surface area contributed by atoms with Crippen molar-refractivity contribution in [3.63, 3.8) is 0 Å². The third-order valence-electron chi connectivity index (χ3n) is 5.76. The number of carboxylic acids is 1. The SMILES string of the molecule is O=C(O)c1cc2cc(C(=O)N3CCC(N4CCCCC4)CC3)ccc2[nH]1. The van der Waals surface area contributed by atoms with Crippen molar-refractivity contribution in [1.82, 2.24) is 14.8 Å². The quantitative estimate of drug-likeness (QED) is 0.887. The number of likely N-dealkylation sites (tertiary alicyclic amines) is 2. The molecule has 2 saturated heterocycles. The molecule has 2 aliphatic rings. The molecular formula is C20H25N3O3. The van der Waals surface area contributed by atoms with Crippen molar-refractivity contribution in [2.75, 3.05) is 26.2 Å². The summed E-state index contributed by atoms with van der Waals surface area (Å²) in [4.78, 5) is 31.3. The molecule has 6 nitrogen and oxygen atoms in total. The van der Waals surface area contributed by atoms with E-state index in [-0.39, 0.29) is 11.6 Å². The van der Waals surface area contributed by atoms with Gasteiger partial charge < -0.3 is 19.9 Å². The molecule has 0 aliphatic carbocycles. The van der Waals surface area contributed by atoms with Gasteiger partial charge in [-0.05, 0) is 63.0 Å². The van der Waals surface area contributed by atoms with E-state index in [2.05, 4.69) is 9.88 Å². The first kappa shape index (κ1) is 17.1. The number of nitrogens with zero attached hydrogens (tertiary/aromatic N) is 2. The number of H-pyrrole nitrogens is 1. The second kappa shape index (κ2) is 7.11. The van der Waals surface area contributed by atoms with Gasteiger partial charge in [-0.3, -0.25) is 4.79 Å². The van der Waals surface area contributed by atoms with E-state index in [1.807, 2.05) is 4.90 Å². The number of hydrogen-bond donors (Lipinski definition) is 2. The molecule has 2 N–H and O–H groups in total. The summed E-state index contributed by atoms with van der Waals surface area (Å²) >= 11 is 0. The molecule has 2 fully saturated rings. The fraction of sp³-hybridized carbons (Fsp3) is 0.500. The fourth-order valence-corrected chi connectivity index (χ4v) is 4.28. The molecule has 0 spiro atoms. The first-order valence-corrected chi connectivity index (χ1v) is 9.51. The molecule has 0 radical (unpaired) electrons. The van der Waals surface area contributed by atoms with Crippen LogP contribution in [0.4, 0.5) is 0 Å². The van der Waals surface area contributed by atoms with Gasteiger partial charge in [-0.1, -0.05) is 6.42 Å². The van der Waals surface area contributed by atoms with Gasteiger partial charge in [0.25, 0.3) is 5.91 Å². The number of fused-ring (bicyclic) bond motifs is 1. The van der Waals surface area contributed by atoms with E-state index in [4.69, 9.17) is 5.11 Å². The van der Waals surface area contributed by atoms with Crippen LogP contribution in [0.15, 0.2) is 24.3 Å². The van der Waals surface area contributed by atoms with E-state index in [1.54, 1.807) is 24.3 Å². The van der Waals surface area contributed by atoms with Crippen molar-refractivity contribution in [2.45, 2.75) is 38.1 Å². The van der Waals surface area contributed by atoms with Gasteiger partial charge in [0.1, 0.15) is 5.69 Å². The second-order valence-corrected chi connectivity index (χ2v) is 7.41. The maximum atomic E-state index is 12.9. The van der Waals surface area contributed by atoms with E-state index in [0.717, 1.165) is 36.8 Å². The van der Waals surface area contributed by atoms with Crippen molar-refractivity contribution in [1.29, 1.82) is 0 Å². The maximum absolute atomic E-state index is 12.9. The molecule has 4 rings (SSSR count). The number of carbonyl (C=O) groups excluding carboxylic acids is 1. The van der Waals surface area contributed by atoms with Gasteiger partial charge in [-0.25, -0.2) is 4.79 Å². The molecule has 0 bridgehead atoms. The summed E-state index contributed by atoms with van der Waals surface area (Å²) < 4.78 is 0. The first-order chi connectivity index (χ1) is 12.6. The topological polar surface area (TPSA) is 76.6 Å². The highest BCUT2D eigenvalue weighted by molar-refractivity contribution is 6.00. The Hall–Kier alpha value is -2.34. The maximum Gasteiger partial charge on any atom is 0.352 e. The predicted molar refractivity (Wildman–Crippen MR) is 99.6 cm³/mol. The summed E-state index contributed by atoms with van der Waals surface area (Å²) in [6.45, 7) is 4.00. The number of aromatic nitrogens is 1. The van der Waals surface area contributed by atoms with Gasteiger partial charge in [-0.15, -0.1) is 0 Å². The lowest BCUT2D eigenvalue weighted by Crippen LogP contribution is -2.48. The molecule has 6 heteroatoms. The van der Waals surface area contributed by atoms with Gasteiger partial charge >= 0.3 is 5.97 Å². The van der Waals surface area contributed by atoms with Crippen molar-refractivity contribution in [3.05, 3.63) is 35.5 Å². The number of aromatic amines is 1. The van der Waals surface area contributed by atoms with Gasteiger partial charge in [-0.2, -0.15) is 0 Å². The number of carboxylic acid groups (broad SMARTS) is 1. The minimum Gasteiger partial charge on any atom is -0.477 e. The number of aromatic carboxylic acids is 1. The Kier molecular flexibility index (Phi) is 4.68. The number of carbonyl (C=O) groups is 2. The van der Waals surface area contributed by atoms with E-state index in [0.29, 0.717) is 11.6 Å². The van der Waals surface area contributed by atoms with Crippen molar-refractivity contribution >= 4 is 22.8 Å². The zero-order chi connectivity index (χ0) is 18.1. The average Bonchev–Trinajstić information content (AvgIpc) is 3.12. The zero-order valence-electron chi connectivity index (χ0n) is 14.9. The number of rotatable bonds is 3. The monoisotopic (exact) mass is 355 g/mol. The van der Waals surface area contributed by atoms with Gasteiger partial charge in [0.05, 0.1) is 0 Å². The zero-order valence-corrected chi connectivity index (χ0v) is 14.9. The summed E-state index contributed by atoms with van der Waals surface area (Å²) in [6, 6.07) is 7.55. The Morgan fingerprint density at radius 2 is 1.73 bits per heavy atom. The standard InChI is InChI=1S/C20H25N3O3/c24-19(14-4-5-17-15(12-14)13-18(21-17)20(25)26)23-10-6-16(7-11-23)22-8-2-1-3-9-22/h4-5,12-13,16,21H,1-3,6-11H2,(H,25,26). The van der Waals surface area contributed by atoms with Gasteiger partial charge in [0, 0.05) is 35.6 Å². The number of benzene rings is 1. The van der Waals surface area contributed by atoms with E-state index >= 15 is 0 Å². The second-order valence-electron chi connectivity index (χ2n) is 7.41. The molecule has 1 aromatic heterocycles. The van der Waals surface area contributed by atoms with E-state index in [9.17, 15) is 9.59 Å². The molecule has 0 unspecified atom stereocenters. The average molecular weight is 355 g/mol. The normalized spacial score (nSPS) is 19.8. The summed E-state index contributed by atoms with van der Waals surface area (Å²) in [5, 5.41) is 9.85. The summed E-state index contributed by atoms with van der Waals surface area (Å²) in [5.74, 6) is -0.948. The lowest BCUT2D eigenvalue weighted by molar-refractivity contribution is 0.0589.